The zero-order valence-electron chi connectivity index (χ0n) is 11.8. The number of anilines is 1. The van der Waals surface area contributed by atoms with Gasteiger partial charge in [-0.15, -0.1) is 23.1 Å². The van der Waals surface area contributed by atoms with Crippen LogP contribution in [-0.2, 0) is 11.3 Å². The number of carbonyl (C=O) groups excluding carboxylic acids is 2. The molecular formula is C15H13ClN2O2S2. The van der Waals surface area contributed by atoms with Gasteiger partial charge in [0.05, 0.1) is 22.3 Å². The lowest BCUT2D eigenvalue weighted by Gasteiger charge is -2.20. The first-order valence-electron chi connectivity index (χ1n) is 6.59. The molecule has 3 rings (SSSR count). The van der Waals surface area contributed by atoms with Crippen molar-refractivity contribution in [2.45, 2.75) is 11.4 Å². The second-order valence-corrected chi connectivity index (χ2v) is 7.73. The summed E-state index contributed by atoms with van der Waals surface area (Å²) in [5.41, 5.74) is 1.27. The lowest BCUT2D eigenvalue weighted by atomic mass is 10.1. The van der Waals surface area contributed by atoms with Crippen molar-refractivity contribution in [3.63, 3.8) is 0 Å². The molecule has 0 saturated heterocycles. The Morgan fingerprint density at radius 2 is 2.18 bits per heavy atom. The number of nitrogens with one attached hydrogen (secondary N) is 1. The third-order valence-corrected chi connectivity index (χ3v) is 5.52. The largest absolute Gasteiger partial charge is 0.337 e. The molecule has 4 nitrogen and oxygen atoms in total. The van der Waals surface area contributed by atoms with Crippen molar-refractivity contribution in [3.05, 3.63) is 45.1 Å². The van der Waals surface area contributed by atoms with E-state index in [-0.39, 0.29) is 11.8 Å². The van der Waals surface area contributed by atoms with Gasteiger partial charge in [-0.3, -0.25) is 9.59 Å². The summed E-state index contributed by atoms with van der Waals surface area (Å²) in [6.07, 6.45) is 0. The maximum atomic E-state index is 12.5. The van der Waals surface area contributed by atoms with E-state index in [2.05, 4.69) is 5.32 Å². The summed E-state index contributed by atoms with van der Waals surface area (Å²) >= 11 is 8.85. The highest BCUT2D eigenvalue weighted by atomic mass is 35.5. The summed E-state index contributed by atoms with van der Waals surface area (Å²) in [7, 11) is 1.75. The zero-order valence-corrected chi connectivity index (χ0v) is 14.1. The molecule has 2 heterocycles. The minimum absolute atomic E-state index is 0.0383. The lowest BCUT2D eigenvalue weighted by Crippen LogP contribution is -2.26. The molecule has 1 N–H and O–H groups in total. The number of fused-ring (bicyclic) bond motifs is 1. The molecule has 0 spiro atoms. The monoisotopic (exact) mass is 352 g/mol. The van der Waals surface area contributed by atoms with Crippen LogP contribution in [0, 0.1) is 0 Å². The van der Waals surface area contributed by atoms with Crippen LogP contribution >= 0.6 is 34.7 Å². The van der Waals surface area contributed by atoms with Gasteiger partial charge >= 0.3 is 0 Å². The summed E-state index contributed by atoms with van der Waals surface area (Å²) in [5, 5.41) is 2.80. The van der Waals surface area contributed by atoms with Gasteiger partial charge in [0.15, 0.2) is 0 Å². The Bertz CT molecular complexity index is 745. The van der Waals surface area contributed by atoms with Crippen LogP contribution in [0.1, 0.15) is 15.2 Å². The van der Waals surface area contributed by atoms with E-state index in [1.807, 2.05) is 18.2 Å². The topological polar surface area (TPSA) is 49.4 Å². The number of hydrogen-bond acceptors (Lipinski definition) is 4. The van der Waals surface area contributed by atoms with E-state index in [0.29, 0.717) is 27.9 Å². The summed E-state index contributed by atoms with van der Waals surface area (Å²) < 4.78 is 0.712. The Balaban J connectivity index is 1.77. The van der Waals surface area contributed by atoms with Crippen molar-refractivity contribution in [1.82, 2.24) is 4.90 Å². The molecule has 0 aliphatic carbocycles. The van der Waals surface area contributed by atoms with Crippen LogP contribution in [0.15, 0.2) is 35.2 Å². The summed E-state index contributed by atoms with van der Waals surface area (Å²) in [4.78, 5) is 27.6. The van der Waals surface area contributed by atoms with Gasteiger partial charge in [0.1, 0.15) is 0 Å². The maximum absolute atomic E-state index is 12.5. The van der Waals surface area contributed by atoms with Crippen molar-refractivity contribution >= 4 is 52.2 Å². The minimum atomic E-state index is -0.0860. The Kier molecular flexibility index (Phi) is 4.42. The molecule has 0 fully saturated rings. The van der Waals surface area contributed by atoms with Crippen molar-refractivity contribution in [2.75, 3.05) is 18.1 Å². The second-order valence-electron chi connectivity index (χ2n) is 4.91. The fourth-order valence-corrected chi connectivity index (χ4v) is 4.11. The Morgan fingerprint density at radius 1 is 1.36 bits per heavy atom. The molecule has 1 aliphatic rings. The Labute approximate surface area is 141 Å². The lowest BCUT2D eigenvalue weighted by molar-refractivity contribution is -0.113. The number of amides is 2. The molecule has 7 heteroatoms. The highest BCUT2D eigenvalue weighted by Crippen LogP contribution is 2.32. The number of nitrogens with zero attached hydrogens (tertiary/aromatic N) is 1. The molecule has 22 heavy (non-hydrogen) atoms. The number of hydrogen-bond donors (Lipinski definition) is 1. The highest BCUT2D eigenvalue weighted by Gasteiger charge is 2.19. The summed E-state index contributed by atoms with van der Waals surface area (Å²) in [6.45, 7) is 0.508. The van der Waals surface area contributed by atoms with Crippen LogP contribution < -0.4 is 5.32 Å². The predicted octanol–water partition coefficient (Wildman–Crippen LogP) is 3.72. The first-order chi connectivity index (χ1) is 10.5. The summed E-state index contributed by atoms with van der Waals surface area (Å²) in [5.74, 6) is 0.292. The van der Waals surface area contributed by atoms with Gasteiger partial charge in [0.25, 0.3) is 5.91 Å². The fourth-order valence-electron chi connectivity index (χ4n) is 2.18. The predicted molar refractivity (Wildman–Crippen MR) is 90.9 cm³/mol. The second kappa shape index (κ2) is 6.32. The van der Waals surface area contributed by atoms with E-state index in [1.54, 1.807) is 24.1 Å². The van der Waals surface area contributed by atoms with Gasteiger partial charge in [0.2, 0.25) is 5.91 Å². The quantitative estimate of drug-likeness (QED) is 0.915. The SMILES string of the molecule is CN(Cc1ccc(Cl)s1)C(=O)c1ccc2c(c1)NC(=O)CS2. The molecule has 0 saturated carbocycles. The number of rotatable bonds is 3. The molecule has 114 valence electrons. The van der Waals surface area contributed by atoms with Crippen molar-refractivity contribution in [2.24, 2.45) is 0 Å². The van der Waals surface area contributed by atoms with E-state index in [4.69, 9.17) is 11.6 Å². The average molecular weight is 353 g/mol. The van der Waals surface area contributed by atoms with Crippen LogP contribution in [0.3, 0.4) is 0 Å². The molecule has 2 amide bonds. The molecule has 0 bridgehead atoms. The molecular weight excluding hydrogens is 340 g/mol. The van der Waals surface area contributed by atoms with E-state index in [0.717, 1.165) is 9.77 Å². The van der Waals surface area contributed by atoms with Crippen LogP contribution in [0.5, 0.6) is 0 Å². The van der Waals surface area contributed by atoms with E-state index >= 15 is 0 Å². The van der Waals surface area contributed by atoms with Gasteiger partial charge in [-0.1, -0.05) is 11.6 Å². The fraction of sp³-hybridized carbons (Fsp3) is 0.200. The van der Waals surface area contributed by atoms with Crippen LogP contribution in [0.25, 0.3) is 0 Å². The van der Waals surface area contributed by atoms with Crippen molar-refractivity contribution in [3.8, 4) is 0 Å². The number of thioether (sulfide) groups is 1. The van der Waals surface area contributed by atoms with Crippen LogP contribution in [-0.4, -0.2) is 29.5 Å². The van der Waals surface area contributed by atoms with Gasteiger partial charge in [-0.2, -0.15) is 0 Å². The third kappa shape index (κ3) is 3.29. The maximum Gasteiger partial charge on any atom is 0.253 e. The number of benzene rings is 1. The normalized spacial score (nSPS) is 13.5. The van der Waals surface area contributed by atoms with E-state index in [9.17, 15) is 9.59 Å². The first-order valence-corrected chi connectivity index (χ1v) is 8.77. The average Bonchev–Trinajstić information content (AvgIpc) is 2.90. The van der Waals surface area contributed by atoms with Crippen LogP contribution in [0.4, 0.5) is 5.69 Å². The number of thiophene rings is 1. The van der Waals surface area contributed by atoms with Gasteiger partial charge in [-0.05, 0) is 30.3 Å². The minimum Gasteiger partial charge on any atom is -0.337 e. The summed E-state index contributed by atoms with van der Waals surface area (Å²) in [6, 6.07) is 9.15. The third-order valence-electron chi connectivity index (χ3n) is 3.23. The van der Waals surface area contributed by atoms with Gasteiger partial charge in [-0.25, -0.2) is 0 Å². The molecule has 2 aromatic rings. The van der Waals surface area contributed by atoms with Crippen molar-refractivity contribution in [1.29, 1.82) is 0 Å². The number of carbonyl (C=O) groups is 2. The first kappa shape index (κ1) is 15.4. The molecule has 1 aromatic carbocycles. The molecule has 1 aliphatic heterocycles. The molecule has 0 unspecified atom stereocenters. The zero-order chi connectivity index (χ0) is 15.7. The molecule has 0 atom stereocenters. The standard InChI is InChI=1S/C15H13ClN2O2S2/c1-18(7-10-3-5-13(16)22-10)15(20)9-2-4-12-11(6-9)17-14(19)8-21-12/h2-6H,7-8H2,1H3,(H,17,19). The van der Waals surface area contributed by atoms with Gasteiger partial charge in [0, 0.05) is 22.4 Å². The Morgan fingerprint density at radius 3 is 2.91 bits per heavy atom. The van der Waals surface area contributed by atoms with Gasteiger partial charge < -0.3 is 10.2 Å². The van der Waals surface area contributed by atoms with E-state index < -0.39 is 0 Å². The number of halogens is 1. The van der Waals surface area contributed by atoms with Crippen LogP contribution in [0.2, 0.25) is 4.34 Å². The Hall–Kier alpha value is -1.50. The van der Waals surface area contributed by atoms with E-state index in [1.165, 1.54) is 23.1 Å². The van der Waals surface area contributed by atoms with Crippen molar-refractivity contribution < 1.29 is 9.59 Å². The molecule has 0 radical (unpaired) electrons. The smallest absolute Gasteiger partial charge is 0.253 e. The highest BCUT2D eigenvalue weighted by molar-refractivity contribution is 8.00. The molecule has 1 aromatic heterocycles.